The molecule has 0 aromatic heterocycles. The van der Waals surface area contributed by atoms with Crippen LogP contribution >= 0.6 is 0 Å². The van der Waals surface area contributed by atoms with Gasteiger partial charge in [-0.2, -0.15) is 0 Å². The van der Waals surface area contributed by atoms with Crippen LogP contribution in [-0.4, -0.2) is 47.8 Å². The van der Waals surface area contributed by atoms with Crippen molar-refractivity contribution in [1.29, 1.82) is 0 Å². The molecule has 1 heterocycles. The molecule has 2 fully saturated rings. The van der Waals surface area contributed by atoms with Crippen molar-refractivity contribution in [2.45, 2.75) is 52.1 Å². The number of hydrogen-bond donors (Lipinski definition) is 1. The lowest BCUT2D eigenvalue weighted by Crippen LogP contribution is -2.35. The highest BCUT2D eigenvalue weighted by molar-refractivity contribution is 6.05. The predicted molar refractivity (Wildman–Crippen MR) is 109 cm³/mol. The molecule has 0 spiro atoms. The first kappa shape index (κ1) is 21.8. The van der Waals surface area contributed by atoms with E-state index in [0.717, 1.165) is 25.7 Å². The number of fused-ring (bicyclic) bond motifs is 1. The predicted octanol–water partition coefficient (Wildman–Crippen LogP) is 2.52. The molecule has 2 aliphatic rings. The van der Waals surface area contributed by atoms with Crippen LogP contribution in [-0.2, 0) is 23.9 Å². The summed E-state index contributed by atoms with van der Waals surface area (Å²) in [5.74, 6) is -1.23. The fourth-order valence-electron chi connectivity index (χ4n) is 4.01. The van der Waals surface area contributed by atoms with E-state index in [0.29, 0.717) is 18.0 Å². The zero-order valence-corrected chi connectivity index (χ0v) is 17.4. The number of anilines is 1. The van der Waals surface area contributed by atoms with Gasteiger partial charge in [0.15, 0.2) is 6.10 Å². The maximum Gasteiger partial charge on any atom is 0.308 e. The Hall–Kier alpha value is -2.90. The van der Waals surface area contributed by atoms with Crippen molar-refractivity contribution >= 4 is 29.4 Å². The van der Waals surface area contributed by atoms with Gasteiger partial charge in [0.2, 0.25) is 11.8 Å². The molecule has 1 aliphatic heterocycles. The highest BCUT2D eigenvalue weighted by Gasteiger charge is 2.47. The molecule has 162 valence electrons. The van der Waals surface area contributed by atoms with E-state index >= 15 is 0 Å². The number of ether oxygens (including phenoxy) is 2. The molecule has 1 aromatic carbocycles. The molecular weight excluding hydrogens is 388 g/mol. The topological polar surface area (TPSA) is 102 Å². The lowest BCUT2D eigenvalue weighted by atomic mass is 9.81. The number of benzene rings is 1. The SMILES string of the molecule is CCOc1ccc(NC(=O)[C@H](C)OC(=O)CCN2C(=O)[C@H]3CCCC[C@H]3C2=O)cc1. The fourth-order valence-corrected chi connectivity index (χ4v) is 4.01. The van der Waals surface area contributed by atoms with Gasteiger partial charge in [0.25, 0.3) is 5.91 Å². The Balaban J connectivity index is 1.45. The molecule has 3 rings (SSSR count). The molecule has 0 radical (unpaired) electrons. The summed E-state index contributed by atoms with van der Waals surface area (Å²) in [4.78, 5) is 50.5. The van der Waals surface area contributed by atoms with Crippen molar-refractivity contribution in [2.75, 3.05) is 18.5 Å². The molecule has 3 amide bonds. The lowest BCUT2D eigenvalue weighted by molar-refractivity contribution is -0.154. The van der Waals surface area contributed by atoms with Gasteiger partial charge >= 0.3 is 5.97 Å². The Bertz CT molecular complexity index is 782. The Morgan fingerprint density at radius 2 is 1.70 bits per heavy atom. The maximum absolute atomic E-state index is 12.4. The minimum atomic E-state index is -1.00. The molecule has 8 nitrogen and oxygen atoms in total. The molecule has 1 saturated heterocycles. The third-order valence-corrected chi connectivity index (χ3v) is 5.58. The summed E-state index contributed by atoms with van der Waals surface area (Å²) in [5, 5.41) is 2.67. The molecule has 0 unspecified atom stereocenters. The Labute approximate surface area is 175 Å². The van der Waals surface area contributed by atoms with E-state index in [1.165, 1.54) is 11.8 Å². The molecule has 1 aromatic rings. The minimum absolute atomic E-state index is 0.00324. The van der Waals surface area contributed by atoms with Crippen LogP contribution in [0.5, 0.6) is 5.75 Å². The number of amides is 3. The second-order valence-corrected chi connectivity index (χ2v) is 7.65. The number of carbonyl (C=O) groups excluding carboxylic acids is 4. The smallest absolute Gasteiger partial charge is 0.308 e. The third-order valence-electron chi connectivity index (χ3n) is 5.58. The van der Waals surface area contributed by atoms with Gasteiger partial charge in [-0.3, -0.25) is 24.1 Å². The molecule has 1 saturated carbocycles. The number of carbonyl (C=O) groups is 4. The lowest BCUT2D eigenvalue weighted by Gasteiger charge is -2.19. The van der Waals surface area contributed by atoms with Crippen molar-refractivity contribution in [3.05, 3.63) is 24.3 Å². The number of imide groups is 1. The van der Waals surface area contributed by atoms with E-state index in [4.69, 9.17) is 9.47 Å². The Morgan fingerprint density at radius 1 is 1.10 bits per heavy atom. The first-order valence-electron chi connectivity index (χ1n) is 10.5. The van der Waals surface area contributed by atoms with Crippen LogP contribution in [0.25, 0.3) is 0 Å². The summed E-state index contributed by atoms with van der Waals surface area (Å²) in [6, 6.07) is 6.86. The van der Waals surface area contributed by atoms with E-state index < -0.39 is 18.0 Å². The van der Waals surface area contributed by atoms with Crippen LogP contribution in [0.1, 0.15) is 46.0 Å². The first-order chi connectivity index (χ1) is 14.4. The highest BCUT2D eigenvalue weighted by Crippen LogP contribution is 2.37. The zero-order valence-electron chi connectivity index (χ0n) is 17.4. The van der Waals surface area contributed by atoms with Gasteiger partial charge in [0.1, 0.15) is 5.75 Å². The van der Waals surface area contributed by atoms with E-state index in [2.05, 4.69) is 5.32 Å². The quantitative estimate of drug-likeness (QED) is 0.516. The average Bonchev–Trinajstić information content (AvgIpc) is 2.98. The second-order valence-electron chi connectivity index (χ2n) is 7.65. The van der Waals surface area contributed by atoms with Gasteiger partial charge < -0.3 is 14.8 Å². The van der Waals surface area contributed by atoms with Crippen molar-refractivity contribution in [2.24, 2.45) is 11.8 Å². The maximum atomic E-state index is 12.4. The summed E-state index contributed by atoms with van der Waals surface area (Å²) >= 11 is 0. The minimum Gasteiger partial charge on any atom is -0.494 e. The summed E-state index contributed by atoms with van der Waals surface area (Å²) < 4.78 is 10.5. The van der Waals surface area contributed by atoms with Crippen LogP contribution in [0.2, 0.25) is 0 Å². The van der Waals surface area contributed by atoms with Crippen molar-refractivity contribution in [3.8, 4) is 5.75 Å². The summed E-state index contributed by atoms with van der Waals surface area (Å²) in [5.41, 5.74) is 0.558. The van der Waals surface area contributed by atoms with Gasteiger partial charge in [0, 0.05) is 12.2 Å². The summed E-state index contributed by atoms with van der Waals surface area (Å²) in [6.45, 7) is 3.90. The molecule has 1 aliphatic carbocycles. The van der Waals surface area contributed by atoms with Gasteiger partial charge in [-0.1, -0.05) is 12.8 Å². The number of esters is 1. The molecule has 30 heavy (non-hydrogen) atoms. The van der Waals surface area contributed by atoms with Crippen LogP contribution in [0.4, 0.5) is 5.69 Å². The summed E-state index contributed by atoms with van der Waals surface area (Å²) in [6.07, 6.45) is 2.25. The van der Waals surface area contributed by atoms with Gasteiger partial charge in [-0.25, -0.2) is 0 Å². The first-order valence-corrected chi connectivity index (χ1v) is 10.5. The van der Waals surface area contributed by atoms with Gasteiger partial charge in [0.05, 0.1) is 24.9 Å². The van der Waals surface area contributed by atoms with Gasteiger partial charge in [-0.15, -0.1) is 0 Å². The van der Waals surface area contributed by atoms with Gasteiger partial charge in [-0.05, 0) is 51.0 Å². The fraction of sp³-hybridized carbons (Fsp3) is 0.545. The number of nitrogens with one attached hydrogen (secondary N) is 1. The Morgan fingerprint density at radius 3 is 2.27 bits per heavy atom. The summed E-state index contributed by atoms with van der Waals surface area (Å²) in [7, 11) is 0. The van der Waals surface area contributed by atoms with Crippen molar-refractivity contribution in [1.82, 2.24) is 4.90 Å². The highest BCUT2D eigenvalue weighted by atomic mass is 16.5. The average molecular weight is 416 g/mol. The molecular formula is C22H28N2O6. The number of likely N-dealkylation sites (tertiary alicyclic amines) is 1. The van der Waals surface area contributed by atoms with Crippen molar-refractivity contribution in [3.63, 3.8) is 0 Å². The van der Waals surface area contributed by atoms with Crippen LogP contribution in [0, 0.1) is 11.8 Å². The van der Waals surface area contributed by atoms with Crippen LogP contribution in [0.15, 0.2) is 24.3 Å². The normalized spacial score (nSPS) is 21.7. The number of rotatable bonds is 8. The molecule has 1 N–H and O–H groups in total. The van der Waals surface area contributed by atoms with E-state index in [1.54, 1.807) is 24.3 Å². The third kappa shape index (κ3) is 4.98. The van der Waals surface area contributed by atoms with E-state index in [9.17, 15) is 19.2 Å². The molecule has 3 atom stereocenters. The number of nitrogens with zero attached hydrogens (tertiary/aromatic N) is 1. The van der Waals surface area contributed by atoms with Crippen LogP contribution < -0.4 is 10.1 Å². The number of hydrogen-bond acceptors (Lipinski definition) is 6. The van der Waals surface area contributed by atoms with Crippen LogP contribution in [0.3, 0.4) is 0 Å². The largest absolute Gasteiger partial charge is 0.494 e. The standard InChI is InChI=1S/C22H28N2O6/c1-3-29-16-10-8-15(9-11-16)23-20(26)14(2)30-19(25)12-13-24-21(27)17-6-4-5-7-18(17)22(24)28/h8-11,14,17-18H,3-7,12-13H2,1-2H3,(H,23,26)/t14-,17-,18+/m0/s1. The second kappa shape index (κ2) is 9.73. The molecule has 0 bridgehead atoms. The van der Waals surface area contributed by atoms with E-state index in [1.807, 2.05) is 6.92 Å². The Kier molecular flexibility index (Phi) is 7.07. The van der Waals surface area contributed by atoms with E-state index in [-0.39, 0.29) is 36.6 Å². The van der Waals surface area contributed by atoms with Crippen molar-refractivity contribution < 1.29 is 28.7 Å². The zero-order chi connectivity index (χ0) is 21.7. The monoisotopic (exact) mass is 416 g/mol. The molecule has 8 heteroatoms.